The molecule has 1 aliphatic rings. The summed E-state index contributed by atoms with van der Waals surface area (Å²) >= 11 is -0.106. The molecule has 0 amide bonds. The molecule has 0 saturated carbocycles. The van der Waals surface area contributed by atoms with Gasteiger partial charge in [-0.1, -0.05) is 0 Å². The van der Waals surface area contributed by atoms with E-state index >= 15 is 0 Å². The number of nitrogens with one attached hydrogen (secondary N) is 1. The molecule has 5 nitrogen and oxygen atoms in total. The second-order valence-electron chi connectivity index (χ2n) is 3.03. The van der Waals surface area contributed by atoms with Crippen LogP contribution in [0.1, 0.15) is 0 Å². The summed E-state index contributed by atoms with van der Waals surface area (Å²) in [4.78, 5) is 10.8. The van der Waals surface area contributed by atoms with Gasteiger partial charge in [-0.3, -0.25) is 0 Å². The fraction of sp³-hybridized carbons (Fsp3) is 0.143. The first kappa shape index (κ1) is 9.79. The number of nitro benzene ring substituents is 1. The van der Waals surface area contributed by atoms with Crippen LogP contribution in [0.5, 0.6) is 0 Å². The molecule has 0 fully saturated rings. The molecule has 1 aromatic rings. The molecule has 0 saturated heterocycles. The summed E-state index contributed by atoms with van der Waals surface area (Å²) in [5.74, 6) is 0. The van der Waals surface area contributed by atoms with Gasteiger partial charge in [-0.2, -0.15) is 0 Å². The average molecular weight is 279 g/mol. The zero-order chi connectivity index (χ0) is 10.3. The van der Waals surface area contributed by atoms with Crippen LogP contribution in [-0.4, -0.2) is 30.6 Å². The van der Waals surface area contributed by atoms with Crippen molar-refractivity contribution in [3.8, 4) is 0 Å². The van der Waals surface area contributed by atoms with Crippen molar-refractivity contribution >= 4 is 35.4 Å². The second-order valence-corrected chi connectivity index (χ2v) is 8.04. The van der Waals surface area contributed by atoms with E-state index in [9.17, 15) is 14.3 Å². The number of hydrogen-bond acceptors (Lipinski definition) is 3. The predicted octanol–water partition coefficient (Wildman–Crippen LogP) is -0.637. The number of nitro groups is 1. The Hall–Kier alpha value is -0.751. The quantitative estimate of drug-likeness (QED) is 0.311. The van der Waals surface area contributed by atoms with Crippen LogP contribution in [0.2, 0.25) is 0 Å². The summed E-state index contributed by atoms with van der Waals surface area (Å²) < 4.78 is 15.6. The minimum atomic E-state index is -2.43. The molecule has 1 aromatic carbocycles. The van der Waals surface area contributed by atoms with Crippen LogP contribution < -0.4 is 8.20 Å². The number of hydrogen-bond donors (Lipinski definition) is 2. The third-order valence-corrected chi connectivity index (χ3v) is 7.97. The molecule has 0 radical (unpaired) electrons. The van der Waals surface area contributed by atoms with Gasteiger partial charge in [0.2, 0.25) is 0 Å². The predicted molar refractivity (Wildman–Crippen MR) is 55.3 cm³/mol. The van der Waals surface area contributed by atoms with Crippen molar-refractivity contribution in [2.45, 2.75) is 4.90 Å². The third-order valence-electron chi connectivity index (χ3n) is 1.94. The fourth-order valence-electron chi connectivity index (χ4n) is 1.24. The Bertz CT molecular complexity index is 462. The summed E-state index contributed by atoms with van der Waals surface area (Å²) in [5.41, 5.74) is 0.0642. The van der Waals surface area contributed by atoms with Crippen LogP contribution in [0.3, 0.4) is 0 Å². The molecule has 0 aromatic heterocycles. The van der Waals surface area contributed by atoms with E-state index in [2.05, 4.69) is 3.74 Å². The number of benzene rings is 1. The van der Waals surface area contributed by atoms with Gasteiger partial charge in [0.15, 0.2) is 0 Å². The molecule has 0 spiro atoms. The van der Waals surface area contributed by atoms with E-state index in [1.807, 2.05) is 0 Å². The third kappa shape index (κ3) is 1.48. The summed E-state index contributed by atoms with van der Waals surface area (Å²) in [7, 11) is -2.43. The molecule has 0 aliphatic carbocycles. The van der Waals surface area contributed by atoms with Crippen LogP contribution in [0.25, 0.3) is 0 Å². The monoisotopic (exact) mass is 280 g/mol. The van der Waals surface area contributed by atoms with Crippen molar-refractivity contribution in [1.29, 1.82) is 0 Å². The van der Waals surface area contributed by atoms with Crippen molar-refractivity contribution < 1.29 is 9.13 Å². The first-order valence-electron chi connectivity index (χ1n) is 3.81. The van der Waals surface area contributed by atoms with Crippen molar-refractivity contribution in [3.63, 3.8) is 0 Å². The normalized spacial score (nSPS) is 20.1. The Balaban J connectivity index is 2.55. The van der Waals surface area contributed by atoms with Crippen molar-refractivity contribution in [1.82, 2.24) is 3.74 Å². The molecule has 1 aliphatic heterocycles. The number of nitrogens with zero attached hydrogens (tertiary/aromatic N) is 1. The first-order valence-corrected chi connectivity index (χ1v) is 7.68. The van der Waals surface area contributed by atoms with Crippen LogP contribution in [0.15, 0.2) is 23.1 Å². The number of thiol groups is 1. The van der Waals surface area contributed by atoms with E-state index < -0.39 is 15.0 Å². The molecule has 2 rings (SSSR count). The van der Waals surface area contributed by atoms with E-state index in [0.717, 1.165) is 9.36 Å². The molecule has 1 N–H and O–H groups in total. The van der Waals surface area contributed by atoms with Crippen LogP contribution in [0, 0.1) is 10.1 Å². The summed E-state index contributed by atoms with van der Waals surface area (Å²) in [6, 6.07) is 4.50. The van der Waals surface area contributed by atoms with E-state index in [0.29, 0.717) is 0 Å². The fourth-order valence-corrected chi connectivity index (χ4v) is 6.86. The van der Waals surface area contributed by atoms with Crippen LogP contribution in [-0.2, 0) is 10.1 Å². The standard InChI is InChI=1S/C7H8N2O3SSe/c1-13(12)6-3-2-5(9(10)11)4-7(6)14-8-13/h2-4,13H,1H3,(H,8,12). The molecule has 76 valence electrons. The summed E-state index contributed by atoms with van der Waals surface area (Å²) in [5, 5.41) is 10.5. The van der Waals surface area contributed by atoms with Crippen LogP contribution >= 0.6 is 0 Å². The Kier molecular flexibility index (Phi) is 2.19. The van der Waals surface area contributed by atoms with Crippen LogP contribution in [0.4, 0.5) is 5.69 Å². The van der Waals surface area contributed by atoms with Crippen molar-refractivity contribution in [2.75, 3.05) is 6.26 Å². The van der Waals surface area contributed by atoms with Gasteiger partial charge in [0.1, 0.15) is 0 Å². The molecule has 14 heavy (non-hydrogen) atoms. The minimum absolute atomic E-state index is 0.0642. The molecule has 0 bridgehead atoms. The van der Waals surface area contributed by atoms with E-state index in [1.165, 1.54) is 12.1 Å². The Labute approximate surface area is 88.0 Å². The van der Waals surface area contributed by atoms with Gasteiger partial charge >= 0.3 is 87.8 Å². The topological polar surface area (TPSA) is 72.2 Å². The summed E-state index contributed by atoms with van der Waals surface area (Å²) in [6.07, 6.45) is 1.65. The van der Waals surface area contributed by atoms with Gasteiger partial charge in [-0.25, -0.2) is 0 Å². The van der Waals surface area contributed by atoms with Gasteiger partial charge < -0.3 is 0 Å². The second kappa shape index (κ2) is 3.13. The number of fused-ring (bicyclic) bond motifs is 1. The maximum atomic E-state index is 11.9. The molecule has 7 heteroatoms. The molecular weight excluding hydrogens is 271 g/mol. The molecule has 1 heterocycles. The molecule has 0 atom stereocenters. The van der Waals surface area contributed by atoms with E-state index in [1.54, 1.807) is 12.3 Å². The van der Waals surface area contributed by atoms with Gasteiger partial charge in [-0.15, -0.1) is 0 Å². The summed E-state index contributed by atoms with van der Waals surface area (Å²) in [6.45, 7) is 0. The SMILES string of the molecule is C[SH]1(=O)N[Se]c2cc([N+](=O)[O-])ccc21. The Morgan fingerprint density at radius 1 is 1.57 bits per heavy atom. The Morgan fingerprint density at radius 3 is 2.93 bits per heavy atom. The maximum absolute atomic E-state index is 11.9. The molecule has 0 unspecified atom stereocenters. The zero-order valence-corrected chi connectivity index (χ0v) is 9.87. The van der Waals surface area contributed by atoms with Gasteiger partial charge in [0.05, 0.1) is 0 Å². The zero-order valence-electron chi connectivity index (χ0n) is 7.26. The Morgan fingerprint density at radius 2 is 2.29 bits per heavy atom. The molecular formula is C7H8N2O3SSe. The first-order chi connectivity index (χ1) is 6.50. The van der Waals surface area contributed by atoms with Crippen molar-refractivity contribution in [2.24, 2.45) is 0 Å². The van der Waals surface area contributed by atoms with E-state index in [-0.39, 0.29) is 20.9 Å². The number of non-ortho nitro benzene ring substituents is 1. The average Bonchev–Trinajstić information content (AvgIpc) is 2.42. The van der Waals surface area contributed by atoms with Crippen molar-refractivity contribution in [3.05, 3.63) is 28.3 Å². The number of rotatable bonds is 1. The van der Waals surface area contributed by atoms with Gasteiger partial charge in [-0.05, 0) is 0 Å². The van der Waals surface area contributed by atoms with Gasteiger partial charge in [0, 0.05) is 0 Å². The van der Waals surface area contributed by atoms with E-state index in [4.69, 9.17) is 0 Å². The van der Waals surface area contributed by atoms with Gasteiger partial charge in [0.25, 0.3) is 0 Å².